The van der Waals surface area contributed by atoms with Gasteiger partial charge in [0.15, 0.2) is 0 Å². The van der Waals surface area contributed by atoms with Gasteiger partial charge in [-0.05, 0) is 5.41 Å². The van der Waals surface area contributed by atoms with Crippen molar-refractivity contribution in [3.8, 4) is 5.75 Å². The van der Waals surface area contributed by atoms with Crippen molar-refractivity contribution in [2.75, 3.05) is 7.11 Å². The Kier molecular flexibility index (Phi) is 2.42. The van der Waals surface area contributed by atoms with E-state index in [2.05, 4.69) is 0 Å². The first-order valence-corrected chi connectivity index (χ1v) is 5.18. The lowest BCUT2D eigenvalue weighted by Crippen LogP contribution is -2.07. The van der Waals surface area contributed by atoms with Crippen LogP contribution in [0.3, 0.4) is 0 Å². The second kappa shape index (κ2) is 3.42. The van der Waals surface area contributed by atoms with Crippen LogP contribution in [0, 0.1) is 17.0 Å². The molecule has 1 fully saturated rings. The van der Waals surface area contributed by atoms with Crippen LogP contribution in [0.4, 0.5) is 8.78 Å². The summed E-state index contributed by atoms with van der Waals surface area (Å²) in [6.45, 7) is 3.93. The molecule has 0 aliphatic heterocycles. The van der Waals surface area contributed by atoms with E-state index in [1.165, 1.54) is 13.2 Å². The fraction of sp³-hybridized carbons (Fsp3) is 0.500. The number of halogens is 2. The average molecular weight is 227 g/mol. The van der Waals surface area contributed by atoms with E-state index in [4.69, 9.17) is 10.5 Å². The number of methoxy groups -OCH3 is 1. The lowest BCUT2D eigenvalue weighted by molar-refractivity contribution is 0.397. The van der Waals surface area contributed by atoms with Gasteiger partial charge in [-0.15, -0.1) is 0 Å². The molecule has 0 aromatic heterocycles. The second-order valence-corrected chi connectivity index (χ2v) is 4.83. The zero-order valence-corrected chi connectivity index (χ0v) is 9.55. The number of ether oxygens (including phenoxy) is 1. The first kappa shape index (κ1) is 11.3. The Balaban J connectivity index is 2.49. The van der Waals surface area contributed by atoms with E-state index in [-0.39, 0.29) is 23.1 Å². The molecule has 0 saturated heterocycles. The minimum absolute atomic E-state index is 0.108. The molecule has 0 bridgehead atoms. The van der Waals surface area contributed by atoms with Gasteiger partial charge in [-0.25, -0.2) is 8.78 Å². The summed E-state index contributed by atoms with van der Waals surface area (Å²) in [6.07, 6.45) is 0. The molecular formula is C12H15F2NO. The van der Waals surface area contributed by atoms with Gasteiger partial charge in [0.2, 0.25) is 0 Å². The van der Waals surface area contributed by atoms with E-state index in [1.54, 1.807) is 0 Å². The Labute approximate surface area is 93.4 Å². The normalized spacial score (nSPS) is 26.6. The van der Waals surface area contributed by atoms with Gasteiger partial charge in [0, 0.05) is 29.7 Å². The van der Waals surface area contributed by atoms with E-state index in [9.17, 15) is 8.78 Å². The van der Waals surface area contributed by atoms with Gasteiger partial charge in [-0.1, -0.05) is 13.8 Å². The van der Waals surface area contributed by atoms with Crippen LogP contribution in [-0.4, -0.2) is 13.2 Å². The van der Waals surface area contributed by atoms with Gasteiger partial charge in [-0.2, -0.15) is 0 Å². The van der Waals surface area contributed by atoms with Crippen LogP contribution in [0.25, 0.3) is 0 Å². The first-order valence-electron chi connectivity index (χ1n) is 5.18. The molecule has 1 saturated carbocycles. The van der Waals surface area contributed by atoms with Crippen molar-refractivity contribution in [2.45, 2.75) is 25.8 Å². The molecule has 2 unspecified atom stereocenters. The van der Waals surface area contributed by atoms with Gasteiger partial charge in [0.05, 0.1) is 7.11 Å². The predicted molar refractivity (Wildman–Crippen MR) is 57.4 cm³/mol. The van der Waals surface area contributed by atoms with Crippen LogP contribution >= 0.6 is 0 Å². The Bertz CT molecular complexity index is 431. The highest BCUT2D eigenvalue weighted by Gasteiger charge is 2.58. The maximum atomic E-state index is 13.7. The van der Waals surface area contributed by atoms with E-state index in [1.807, 2.05) is 13.8 Å². The minimum Gasteiger partial charge on any atom is -0.496 e. The second-order valence-electron chi connectivity index (χ2n) is 4.83. The molecule has 88 valence electrons. The molecule has 1 aromatic rings. The molecule has 2 N–H and O–H groups in total. The van der Waals surface area contributed by atoms with Gasteiger partial charge in [0.1, 0.15) is 17.4 Å². The van der Waals surface area contributed by atoms with Gasteiger partial charge >= 0.3 is 0 Å². The summed E-state index contributed by atoms with van der Waals surface area (Å²) < 4.78 is 31.8. The molecular weight excluding hydrogens is 212 g/mol. The van der Waals surface area contributed by atoms with Gasteiger partial charge in [0.25, 0.3) is 0 Å². The van der Waals surface area contributed by atoms with Crippen molar-refractivity contribution in [2.24, 2.45) is 11.1 Å². The fourth-order valence-corrected chi connectivity index (χ4v) is 2.26. The number of rotatable bonds is 2. The summed E-state index contributed by atoms with van der Waals surface area (Å²) in [5.41, 5.74) is 6.12. The number of hydrogen-bond donors (Lipinski definition) is 1. The largest absolute Gasteiger partial charge is 0.496 e. The topological polar surface area (TPSA) is 35.2 Å². The Morgan fingerprint density at radius 3 is 2.31 bits per heavy atom. The highest BCUT2D eigenvalue weighted by Crippen LogP contribution is 2.59. The summed E-state index contributed by atoms with van der Waals surface area (Å²) in [6, 6.07) is 1.96. The zero-order valence-electron chi connectivity index (χ0n) is 9.55. The summed E-state index contributed by atoms with van der Waals surface area (Å²) in [7, 11) is 1.40. The van der Waals surface area contributed by atoms with Crippen LogP contribution in [0.2, 0.25) is 0 Å². The quantitative estimate of drug-likeness (QED) is 0.842. The van der Waals surface area contributed by atoms with Crippen LogP contribution in [-0.2, 0) is 0 Å². The molecule has 0 amide bonds. The SMILES string of the molecule is COc1cc(F)cc(F)c1C1C(N)C1(C)C. The van der Waals surface area contributed by atoms with Crippen LogP contribution < -0.4 is 10.5 Å². The molecule has 0 heterocycles. The maximum Gasteiger partial charge on any atom is 0.133 e. The van der Waals surface area contributed by atoms with E-state index in [0.717, 1.165) is 6.07 Å². The van der Waals surface area contributed by atoms with E-state index < -0.39 is 11.6 Å². The van der Waals surface area contributed by atoms with Crippen molar-refractivity contribution in [1.82, 2.24) is 0 Å². The molecule has 2 nitrogen and oxygen atoms in total. The molecule has 1 aliphatic rings. The van der Waals surface area contributed by atoms with Gasteiger partial charge in [-0.3, -0.25) is 0 Å². The molecule has 0 spiro atoms. The van der Waals surface area contributed by atoms with Crippen molar-refractivity contribution >= 4 is 0 Å². The smallest absolute Gasteiger partial charge is 0.133 e. The molecule has 16 heavy (non-hydrogen) atoms. The molecule has 0 radical (unpaired) electrons. The van der Waals surface area contributed by atoms with Crippen molar-refractivity contribution in [3.05, 3.63) is 29.3 Å². The van der Waals surface area contributed by atoms with E-state index in [0.29, 0.717) is 5.56 Å². The van der Waals surface area contributed by atoms with Gasteiger partial charge < -0.3 is 10.5 Å². The highest BCUT2D eigenvalue weighted by atomic mass is 19.1. The summed E-state index contributed by atoms with van der Waals surface area (Å²) in [4.78, 5) is 0. The number of nitrogens with two attached hydrogens (primary N) is 1. The van der Waals surface area contributed by atoms with E-state index >= 15 is 0 Å². The summed E-state index contributed by atoms with van der Waals surface area (Å²) >= 11 is 0. The van der Waals surface area contributed by atoms with Crippen LogP contribution in [0.5, 0.6) is 5.75 Å². The Morgan fingerprint density at radius 1 is 1.31 bits per heavy atom. The van der Waals surface area contributed by atoms with Crippen LogP contribution in [0.1, 0.15) is 25.3 Å². The molecule has 2 atom stereocenters. The van der Waals surface area contributed by atoms with Crippen molar-refractivity contribution in [3.63, 3.8) is 0 Å². The average Bonchev–Trinajstić information content (AvgIpc) is 2.66. The Hall–Kier alpha value is -1.16. The number of hydrogen-bond acceptors (Lipinski definition) is 2. The standard InChI is InChI=1S/C12H15F2NO/c1-12(2)10(11(12)15)9-7(14)4-6(13)5-8(9)16-3/h4-5,10-11H,15H2,1-3H3. The third-order valence-electron chi connectivity index (χ3n) is 3.50. The lowest BCUT2D eigenvalue weighted by atomic mass is 10.0. The predicted octanol–water partition coefficient (Wildman–Crippen LogP) is 2.42. The number of benzene rings is 1. The van der Waals surface area contributed by atoms with Crippen molar-refractivity contribution in [1.29, 1.82) is 0 Å². The monoisotopic (exact) mass is 227 g/mol. The highest BCUT2D eigenvalue weighted by molar-refractivity contribution is 5.45. The fourth-order valence-electron chi connectivity index (χ4n) is 2.26. The summed E-state index contributed by atoms with van der Waals surface area (Å²) in [5.74, 6) is -1.08. The molecule has 1 aliphatic carbocycles. The molecule has 2 rings (SSSR count). The molecule has 1 aromatic carbocycles. The minimum atomic E-state index is -0.634. The molecule has 4 heteroatoms. The maximum absolute atomic E-state index is 13.7. The third kappa shape index (κ3) is 1.48. The summed E-state index contributed by atoms with van der Waals surface area (Å²) in [5, 5.41) is 0. The first-order chi connectivity index (χ1) is 7.39. The third-order valence-corrected chi connectivity index (χ3v) is 3.50. The van der Waals surface area contributed by atoms with Crippen molar-refractivity contribution < 1.29 is 13.5 Å². The zero-order chi connectivity index (χ0) is 12.1. The van der Waals surface area contributed by atoms with Crippen LogP contribution in [0.15, 0.2) is 12.1 Å². The lowest BCUT2D eigenvalue weighted by Gasteiger charge is -2.10. The Morgan fingerprint density at radius 2 is 1.88 bits per heavy atom.